The number of aromatic amines is 1. The third-order valence-electron chi connectivity index (χ3n) is 5.02. The molecule has 0 spiro atoms. The van der Waals surface area contributed by atoms with Gasteiger partial charge in [0, 0.05) is 49.5 Å². The first-order chi connectivity index (χ1) is 12.0. The van der Waals surface area contributed by atoms with E-state index in [2.05, 4.69) is 10.3 Å². The van der Waals surface area contributed by atoms with E-state index in [9.17, 15) is 14.7 Å². The summed E-state index contributed by atoms with van der Waals surface area (Å²) in [6, 6.07) is 7.27. The number of H-pyrrole nitrogens is 1. The van der Waals surface area contributed by atoms with E-state index in [1.807, 2.05) is 37.4 Å². The van der Waals surface area contributed by atoms with Crippen LogP contribution in [0.2, 0.25) is 0 Å². The van der Waals surface area contributed by atoms with Gasteiger partial charge in [-0.05, 0) is 18.1 Å². The minimum Gasteiger partial charge on any atom is -0.391 e. The zero-order valence-corrected chi connectivity index (χ0v) is 14.7. The molecule has 6 nitrogen and oxygen atoms in total. The fraction of sp³-hybridized carbons (Fsp3) is 0.474. The summed E-state index contributed by atoms with van der Waals surface area (Å²) in [6.07, 6.45) is 2.66. The molecule has 0 bridgehead atoms. The molecule has 134 valence electrons. The van der Waals surface area contributed by atoms with Crippen molar-refractivity contribution in [3.05, 3.63) is 36.0 Å². The lowest BCUT2D eigenvalue weighted by atomic mass is 10.0. The average Bonchev–Trinajstić information content (AvgIpc) is 3.17. The van der Waals surface area contributed by atoms with Crippen molar-refractivity contribution in [2.45, 2.75) is 38.8 Å². The van der Waals surface area contributed by atoms with Gasteiger partial charge in [0.05, 0.1) is 6.10 Å². The number of amides is 2. The molecule has 3 N–H and O–H groups in total. The Hall–Kier alpha value is -2.34. The van der Waals surface area contributed by atoms with Crippen LogP contribution in [0.5, 0.6) is 0 Å². The lowest BCUT2D eigenvalue weighted by Crippen LogP contribution is -2.48. The van der Waals surface area contributed by atoms with Gasteiger partial charge in [-0.15, -0.1) is 0 Å². The molecule has 1 aromatic carbocycles. The summed E-state index contributed by atoms with van der Waals surface area (Å²) in [5.41, 5.74) is 2.00. The van der Waals surface area contributed by atoms with Crippen LogP contribution in [-0.2, 0) is 16.0 Å². The molecule has 0 aliphatic carbocycles. The number of aliphatic hydroxyl groups is 1. The van der Waals surface area contributed by atoms with Gasteiger partial charge in [-0.25, -0.2) is 0 Å². The van der Waals surface area contributed by atoms with Crippen LogP contribution < -0.4 is 5.32 Å². The Bertz CT molecular complexity index is 770. The van der Waals surface area contributed by atoms with Crippen molar-refractivity contribution in [3.63, 3.8) is 0 Å². The zero-order valence-electron chi connectivity index (χ0n) is 14.7. The lowest BCUT2D eigenvalue weighted by Gasteiger charge is -2.24. The summed E-state index contributed by atoms with van der Waals surface area (Å²) >= 11 is 0. The van der Waals surface area contributed by atoms with E-state index in [-0.39, 0.29) is 17.7 Å². The Kier molecular flexibility index (Phi) is 5.08. The maximum absolute atomic E-state index is 12.9. The monoisotopic (exact) mass is 343 g/mol. The number of carbonyl (C=O) groups is 2. The summed E-state index contributed by atoms with van der Waals surface area (Å²) in [4.78, 5) is 29.4. The van der Waals surface area contributed by atoms with E-state index < -0.39 is 12.1 Å². The van der Waals surface area contributed by atoms with Crippen LogP contribution in [0.1, 0.15) is 25.8 Å². The second-order valence-electron chi connectivity index (χ2n) is 6.80. The van der Waals surface area contributed by atoms with E-state index in [0.717, 1.165) is 22.9 Å². The first-order valence-corrected chi connectivity index (χ1v) is 8.78. The zero-order chi connectivity index (χ0) is 18.0. The van der Waals surface area contributed by atoms with Crippen LogP contribution in [0.3, 0.4) is 0 Å². The summed E-state index contributed by atoms with van der Waals surface area (Å²) in [5.74, 6) is -0.254. The summed E-state index contributed by atoms with van der Waals surface area (Å²) in [6.45, 7) is 4.31. The van der Waals surface area contributed by atoms with E-state index in [4.69, 9.17) is 0 Å². The minimum absolute atomic E-state index is 0.106. The average molecular weight is 343 g/mol. The molecule has 2 heterocycles. The number of hydrogen-bond donors (Lipinski definition) is 3. The Balaban J connectivity index is 1.80. The normalized spacial score (nSPS) is 21.5. The molecule has 6 heteroatoms. The Morgan fingerprint density at radius 2 is 2.12 bits per heavy atom. The summed E-state index contributed by atoms with van der Waals surface area (Å²) in [7, 11) is 0. The number of fused-ring (bicyclic) bond motifs is 1. The highest BCUT2D eigenvalue weighted by molar-refractivity contribution is 5.89. The Labute approximate surface area is 147 Å². The molecule has 3 rings (SSSR count). The Morgan fingerprint density at radius 1 is 1.36 bits per heavy atom. The number of rotatable bonds is 5. The van der Waals surface area contributed by atoms with Gasteiger partial charge in [0.2, 0.25) is 11.8 Å². The lowest BCUT2D eigenvalue weighted by molar-refractivity contribution is -0.135. The summed E-state index contributed by atoms with van der Waals surface area (Å²) < 4.78 is 0. The molecule has 1 aromatic heterocycles. The molecular weight excluding hydrogens is 318 g/mol. The second kappa shape index (κ2) is 7.27. The van der Waals surface area contributed by atoms with Crippen molar-refractivity contribution >= 4 is 22.7 Å². The third-order valence-corrected chi connectivity index (χ3v) is 5.02. The first-order valence-electron chi connectivity index (χ1n) is 8.78. The number of aromatic nitrogens is 1. The van der Waals surface area contributed by atoms with Gasteiger partial charge in [-0.3, -0.25) is 9.59 Å². The number of aliphatic hydroxyl groups excluding tert-OH is 1. The molecule has 1 fully saturated rings. The van der Waals surface area contributed by atoms with Gasteiger partial charge in [0.15, 0.2) is 0 Å². The number of nitrogens with zero attached hydrogens (tertiary/aromatic N) is 1. The number of carbonyl (C=O) groups excluding carboxylic acids is 2. The van der Waals surface area contributed by atoms with E-state index in [0.29, 0.717) is 19.5 Å². The quantitative estimate of drug-likeness (QED) is 0.768. The molecule has 3 unspecified atom stereocenters. The first kappa shape index (κ1) is 17.5. The van der Waals surface area contributed by atoms with Crippen molar-refractivity contribution in [1.82, 2.24) is 15.2 Å². The van der Waals surface area contributed by atoms with Gasteiger partial charge in [0.1, 0.15) is 6.04 Å². The predicted octanol–water partition coefficient (Wildman–Crippen LogP) is 1.44. The fourth-order valence-corrected chi connectivity index (χ4v) is 3.62. The molecule has 0 radical (unpaired) electrons. The summed E-state index contributed by atoms with van der Waals surface area (Å²) in [5, 5.41) is 13.9. The highest BCUT2D eigenvalue weighted by atomic mass is 16.3. The number of β-amino-alcohol motifs (C(OH)–C–C–N with tert-alkyl or cyclic N) is 1. The predicted molar refractivity (Wildman–Crippen MR) is 96.0 cm³/mol. The molecule has 1 aliphatic heterocycles. The molecule has 3 atom stereocenters. The van der Waals surface area contributed by atoms with Gasteiger partial charge in [-0.1, -0.05) is 25.1 Å². The van der Waals surface area contributed by atoms with Gasteiger partial charge >= 0.3 is 0 Å². The fourth-order valence-electron chi connectivity index (χ4n) is 3.62. The van der Waals surface area contributed by atoms with Crippen LogP contribution in [0, 0.1) is 5.92 Å². The molecule has 2 amide bonds. The molecule has 2 aromatic rings. The SMILES string of the molecule is CCC1CN(C(=O)C(Cc2c[nH]c3ccccc23)NC(C)=O)CC1O. The van der Waals surface area contributed by atoms with Gasteiger partial charge in [-0.2, -0.15) is 0 Å². The molecule has 0 saturated carbocycles. The van der Waals surface area contributed by atoms with Crippen molar-refractivity contribution in [2.24, 2.45) is 5.92 Å². The van der Waals surface area contributed by atoms with Crippen molar-refractivity contribution in [1.29, 1.82) is 0 Å². The molecule has 25 heavy (non-hydrogen) atoms. The molecule has 1 aliphatic rings. The molecular formula is C19H25N3O3. The maximum atomic E-state index is 12.9. The van der Waals surface area contributed by atoms with Gasteiger partial charge in [0.25, 0.3) is 0 Å². The number of para-hydroxylation sites is 1. The van der Waals surface area contributed by atoms with Crippen molar-refractivity contribution in [2.75, 3.05) is 13.1 Å². The Morgan fingerprint density at radius 3 is 2.80 bits per heavy atom. The second-order valence-corrected chi connectivity index (χ2v) is 6.80. The highest BCUT2D eigenvalue weighted by Crippen LogP contribution is 2.23. The van der Waals surface area contributed by atoms with Crippen LogP contribution in [0.4, 0.5) is 0 Å². The number of nitrogens with one attached hydrogen (secondary N) is 2. The highest BCUT2D eigenvalue weighted by Gasteiger charge is 2.36. The van der Waals surface area contributed by atoms with Gasteiger partial charge < -0.3 is 20.3 Å². The number of hydrogen-bond acceptors (Lipinski definition) is 3. The third kappa shape index (κ3) is 3.69. The van der Waals surface area contributed by atoms with Crippen molar-refractivity contribution < 1.29 is 14.7 Å². The topological polar surface area (TPSA) is 85.4 Å². The van der Waals surface area contributed by atoms with Crippen LogP contribution in [0.15, 0.2) is 30.5 Å². The van der Waals surface area contributed by atoms with Crippen molar-refractivity contribution in [3.8, 4) is 0 Å². The minimum atomic E-state index is -0.625. The van der Waals surface area contributed by atoms with Crippen LogP contribution >= 0.6 is 0 Å². The standard InChI is InChI=1S/C19H25N3O3/c1-3-13-10-22(11-18(13)24)19(25)17(21-12(2)23)8-14-9-20-16-7-5-4-6-15(14)16/h4-7,9,13,17-18,20,24H,3,8,10-11H2,1-2H3,(H,21,23). The number of likely N-dealkylation sites (tertiary alicyclic amines) is 1. The van der Waals surface area contributed by atoms with E-state index >= 15 is 0 Å². The smallest absolute Gasteiger partial charge is 0.245 e. The maximum Gasteiger partial charge on any atom is 0.245 e. The van der Waals surface area contributed by atoms with Crippen LogP contribution in [0.25, 0.3) is 10.9 Å². The van der Waals surface area contributed by atoms with Crippen LogP contribution in [-0.4, -0.2) is 52.0 Å². The van der Waals surface area contributed by atoms with E-state index in [1.165, 1.54) is 6.92 Å². The molecule has 1 saturated heterocycles. The largest absolute Gasteiger partial charge is 0.391 e. The number of benzene rings is 1. The van der Waals surface area contributed by atoms with E-state index in [1.54, 1.807) is 4.90 Å².